The molecule has 0 aliphatic heterocycles. The number of hydrogen-bond donors (Lipinski definition) is 2. The molecule has 0 saturated carbocycles. The van der Waals surface area contributed by atoms with Crippen molar-refractivity contribution >= 4 is 23.3 Å². The Kier molecular flexibility index (Phi) is 4.44. The van der Waals surface area contributed by atoms with E-state index in [1.807, 2.05) is 0 Å². The first-order valence-corrected chi connectivity index (χ1v) is 5.42. The summed E-state index contributed by atoms with van der Waals surface area (Å²) in [5.74, 6) is 0.174. The molecule has 0 aromatic carbocycles. The van der Waals surface area contributed by atoms with E-state index in [1.54, 1.807) is 14.0 Å². The highest BCUT2D eigenvalue weighted by atomic mass is 32.2. The van der Waals surface area contributed by atoms with E-state index in [0.29, 0.717) is 0 Å². The molecule has 2 N–H and O–H groups in total. The van der Waals surface area contributed by atoms with Crippen LogP contribution >= 0.6 is 11.8 Å². The molecule has 1 atom stereocenters. The molecule has 0 fully saturated rings. The molecule has 1 heterocycles. The fourth-order valence-electron chi connectivity index (χ4n) is 1.02. The molecule has 88 valence electrons. The second-order valence-corrected chi connectivity index (χ2v) is 4.42. The van der Waals surface area contributed by atoms with Gasteiger partial charge in [0.1, 0.15) is 6.33 Å². The van der Waals surface area contributed by atoms with E-state index in [0.717, 1.165) is 11.8 Å². The maximum atomic E-state index is 10.9. The SMILES string of the molecule is CNc1ncnc(SC(C)CO)c1[N+](=O)[O-]. The summed E-state index contributed by atoms with van der Waals surface area (Å²) in [5.41, 5.74) is -0.157. The topological polar surface area (TPSA) is 101 Å². The highest BCUT2D eigenvalue weighted by molar-refractivity contribution is 8.00. The predicted octanol–water partition coefficient (Wildman–Crippen LogP) is 0.899. The number of aliphatic hydroxyl groups excluding tert-OH is 1. The summed E-state index contributed by atoms with van der Waals surface area (Å²) < 4.78 is 0. The van der Waals surface area contributed by atoms with Gasteiger partial charge in [0, 0.05) is 12.3 Å². The monoisotopic (exact) mass is 244 g/mol. The number of anilines is 1. The van der Waals surface area contributed by atoms with E-state index in [1.165, 1.54) is 6.33 Å². The summed E-state index contributed by atoms with van der Waals surface area (Å²) in [4.78, 5) is 18.0. The second kappa shape index (κ2) is 5.61. The van der Waals surface area contributed by atoms with Gasteiger partial charge in [-0.25, -0.2) is 9.97 Å². The highest BCUT2D eigenvalue weighted by Crippen LogP contribution is 2.33. The Morgan fingerprint density at radius 3 is 2.88 bits per heavy atom. The van der Waals surface area contributed by atoms with Gasteiger partial charge in [-0.15, -0.1) is 0 Å². The Morgan fingerprint density at radius 2 is 2.38 bits per heavy atom. The van der Waals surface area contributed by atoms with Crippen LogP contribution < -0.4 is 5.32 Å². The van der Waals surface area contributed by atoms with Crippen LogP contribution in [0.1, 0.15) is 6.92 Å². The van der Waals surface area contributed by atoms with Crippen molar-refractivity contribution in [2.75, 3.05) is 19.0 Å². The zero-order chi connectivity index (χ0) is 12.1. The summed E-state index contributed by atoms with van der Waals surface area (Å²) in [6.45, 7) is 1.69. The normalized spacial score (nSPS) is 12.2. The van der Waals surface area contributed by atoms with Crippen molar-refractivity contribution in [3.63, 3.8) is 0 Å². The summed E-state index contributed by atoms with van der Waals surface area (Å²) >= 11 is 1.15. The second-order valence-electron chi connectivity index (χ2n) is 2.99. The van der Waals surface area contributed by atoms with Crippen LogP contribution in [-0.2, 0) is 0 Å². The quantitative estimate of drug-likeness (QED) is 0.343. The van der Waals surface area contributed by atoms with Crippen LogP contribution in [0.4, 0.5) is 11.5 Å². The smallest absolute Gasteiger partial charge is 0.343 e. The zero-order valence-corrected chi connectivity index (χ0v) is 9.69. The maximum Gasteiger partial charge on any atom is 0.343 e. The third-order valence-corrected chi connectivity index (χ3v) is 2.85. The first kappa shape index (κ1) is 12.7. The van der Waals surface area contributed by atoms with Gasteiger partial charge < -0.3 is 10.4 Å². The van der Waals surface area contributed by atoms with Gasteiger partial charge in [0.05, 0.1) is 11.5 Å². The van der Waals surface area contributed by atoms with E-state index in [-0.39, 0.29) is 28.4 Å². The van der Waals surface area contributed by atoms with E-state index in [4.69, 9.17) is 5.11 Å². The Balaban J connectivity index is 3.12. The van der Waals surface area contributed by atoms with Crippen molar-refractivity contribution in [1.29, 1.82) is 0 Å². The van der Waals surface area contributed by atoms with Gasteiger partial charge in [-0.05, 0) is 0 Å². The van der Waals surface area contributed by atoms with Crippen LogP contribution in [0.25, 0.3) is 0 Å². The molecule has 16 heavy (non-hydrogen) atoms. The van der Waals surface area contributed by atoms with Gasteiger partial charge >= 0.3 is 5.69 Å². The largest absolute Gasteiger partial charge is 0.395 e. The Bertz CT molecular complexity index is 388. The molecule has 1 aromatic heterocycles. The van der Waals surface area contributed by atoms with E-state index < -0.39 is 4.92 Å². The average Bonchev–Trinajstić information content (AvgIpc) is 2.28. The van der Waals surface area contributed by atoms with Crippen LogP contribution in [-0.4, -0.2) is 38.9 Å². The van der Waals surface area contributed by atoms with Gasteiger partial charge in [0.25, 0.3) is 0 Å². The maximum absolute atomic E-state index is 10.9. The Morgan fingerprint density at radius 1 is 1.69 bits per heavy atom. The summed E-state index contributed by atoms with van der Waals surface area (Å²) in [7, 11) is 1.55. The Labute approximate surface area is 96.5 Å². The minimum atomic E-state index is -0.530. The molecule has 1 rings (SSSR count). The lowest BCUT2D eigenvalue weighted by Crippen LogP contribution is -2.06. The molecule has 0 spiro atoms. The molecule has 0 amide bonds. The molecule has 0 aliphatic carbocycles. The third kappa shape index (κ3) is 2.80. The molecule has 0 saturated heterocycles. The van der Waals surface area contributed by atoms with Crippen LogP contribution in [0.15, 0.2) is 11.4 Å². The molecule has 0 aliphatic rings. The van der Waals surface area contributed by atoms with E-state index in [9.17, 15) is 10.1 Å². The third-order valence-electron chi connectivity index (χ3n) is 1.78. The number of aliphatic hydroxyl groups is 1. The molecule has 1 unspecified atom stereocenters. The lowest BCUT2D eigenvalue weighted by molar-refractivity contribution is -0.387. The molecule has 7 nitrogen and oxygen atoms in total. The van der Waals surface area contributed by atoms with Crippen molar-refractivity contribution < 1.29 is 10.0 Å². The van der Waals surface area contributed by atoms with Crippen molar-refractivity contribution in [2.45, 2.75) is 17.2 Å². The Hall–Kier alpha value is -1.41. The molecule has 0 bridgehead atoms. The molecule has 8 heteroatoms. The van der Waals surface area contributed by atoms with Gasteiger partial charge in [0.2, 0.25) is 5.82 Å². The highest BCUT2D eigenvalue weighted by Gasteiger charge is 2.23. The fraction of sp³-hybridized carbons (Fsp3) is 0.500. The minimum Gasteiger partial charge on any atom is -0.395 e. The molecular formula is C8H12N4O3S. The average molecular weight is 244 g/mol. The summed E-state index contributed by atoms with van der Waals surface area (Å²) in [6, 6.07) is 0. The van der Waals surface area contributed by atoms with Crippen molar-refractivity contribution in [3.8, 4) is 0 Å². The van der Waals surface area contributed by atoms with Crippen molar-refractivity contribution in [1.82, 2.24) is 9.97 Å². The van der Waals surface area contributed by atoms with Gasteiger partial charge in [-0.1, -0.05) is 18.7 Å². The number of rotatable bonds is 5. The van der Waals surface area contributed by atoms with E-state index >= 15 is 0 Å². The zero-order valence-electron chi connectivity index (χ0n) is 8.88. The van der Waals surface area contributed by atoms with Crippen molar-refractivity contribution in [3.05, 3.63) is 16.4 Å². The van der Waals surface area contributed by atoms with Crippen LogP contribution in [0.5, 0.6) is 0 Å². The number of nitrogens with one attached hydrogen (secondary N) is 1. The first-order valence-electron chi connectivity index (χ1n) is 4.54. The van der Waals surface area contributed by atoms with Crippen molar-refractivity contribution in [2.24, 2.45) is 0 Å². The lowest BCUT2D eigenvalue weighted by atomic mass is 10.5. The van der Waals surface area contributed by atoms with E-state index in [2.05, 4.69) is 15.3 Å². The number of nitro groups is 1. The lowest BCUT2D eigenvalue weighted by Gasteiger charge is -2.08. The van der Waals surface area contributed by atoms with Gasteiger partial charge in [0.15, 0.2) is 5.03 Å². The minimum absolute atomic E-state index is 0.0687. The summed E-state index contributed by atoms with van der Waals surface area (Å²) in [5, 5.41) is 22.5. The number of hydrogen-bond acceptors (Lipinski definition) is 7. The number of thioether (sulfide) groups is 1. The van der Waals surface area contributed by atoms with Gasteiger partial charge in [-0.3, -0.25) is 10.1 Å². The van der Waals surface area contributed by atoms with Crippen LogP contribution in [0.3, 0.4) is 0 Å². The fourth-order valence-corrected chi connectivity index (χ4v) is 1.87. The number of nitrogens with zero attached hydrogens (tertiary/aromatic N) is 3. The van der Waals surface area contributed by atoms with Crippen LogP contribution in [0.2, 0.25) is 0 Å². The first-order chi connectivity index (χ1) is 7.60. The van der Waals surface area contributed by atoms with Crippen LogP contribution in [0, 0.1) is 10.1 Å². The summed E-state index contributed by atoms with van der Waals surface area (Å²) in [6.07, 6.45) is 1.26. The standard InChI is InChI=1S/C8H12N4O3S/c1-5(3-13)16-8-6(12(14)15)7(9-2)10-4-11-8/h4-5,13H,3H2,1-2H3,(H,9,10,11). The molecule has 0 radical (unpaired) electrons. The molecule has 1 aromatic rings. The molecular weight excluding hydrogens is 232 g/mol. The predicted molar refractivity (Wildman–Crippen MR) is 60.6 cm³/mol. The number of aromatic nitrogens is 2. The van der Waals surface area contributed by atoms with Gasteiger partial charge in [-0.2, -0.15) is 0 Å².